The minimum Gasteiger partial charge on any atom is -0.354 e. The third-order valence-corrected chi connectivity index (χ3v) is 3.22. The fraction of sp³-hybridized carbons (Fsp3) is 0.353. The number of methoxy groups -OCH3 is 2. The summed E-state index contributed by atoms with van der Waals surface area (Å²) >= 11 is 0. The average Bonchev–Trinajstić information content (AvgIpc) is 2.55. The summed E-state index contributed by atoms with van der Waals surface area (Å²) in [6, 6.07) is 6.49. The second-order valence-electron chi connectivity index (χ2n) is 5.06. The molecule has 0 heterocycles. The molecule has 130 valence electrons. The molecule has 0 saturated carbocycles. The highest BCUT2D eigenvalue weighted by molar-refractivity contribution is 6.06. The molecule has 2 amide bonds. The maximum atomic E-state index is 11.9. The molecule has 7 nitrogen and oxygen atoms in total. The van der Waals surface area contributed by atoms with Crippen molar-refractivity contribution in [3.05, 3.63) is 41.5 Å². The van der Waals surface area contributed by atoms with Crippen molar-refractivity contribution in [1.29, 1.82) is 0 Å². The highest BCUT2D eigenvalue weighted by atomic mass is 16.7. The van der Waals surface area contributed by atoms with E-state index < -0.39 is 18.1 Å². The van der Waals surface area contributed by atoms with E-state index in [0.29, 0.717) is 11.3 Å². The van der Waals surface area contributed by atoms with Gasteiger partial charge in [-0.1, -0.05) is 0 Å². The molecule has 0 bridgehead atoms. The number of hydrogen-bond acceptors (Lipinski definition) is 5. The van der Waals surface area contributed by atoms with Gasteiger partial charge in [-0.25, -0.2) is 0 Å². The quantitative estimate of drug-likeness (QED) is 0.427. The van der Waals surface area contributed by atoms with Crippen LogP contribution in [0.1, 0.15) is 24.2 Å². The van der Waals surface area contributed by atoms with Crippen molar-refractivity contribution in [1.82, 2.24) is 5.32 Å². The minimum atomic E-state index is -0.546. The van der Waals surface area contributed by atoms with Gasteiger partial charge in [0.1, 0.15) is 0 Å². The van der Waals surface area contributed by atoms with Crippen LogP contribution in [0.4, 0.5) is 5.69 Å². The first-order valence-electron chi connectivity index (χ1n) is 7.31. The fourth-order valence-electron chi connectivity index (χ4n) is 1.81. The van der Waals surface area contributed by atoms with E-state index in [4.69, 9.17) is 9.47 Å². The smallest absolute Gasteiger partial charge is 0.248 e. The first kappa shape index (κ1) is 19.5. The van der Waals surface area contributed by atoms with Crippen LogP contribution >= 0.6 is 0 Å². The standard InChI is InChI=1S/C17H22N2O5/c1-11(17(22)18-10-16(23-3)24-4)9-15(21)19-14-7-5-13(6-8-14)12(2)20/h5-9,16H,10H2,1-4H3,(H,18,22)(H,19,21)/b11-9-. The van der Waals surface area contributed by atoms with Crippen LogP contribution in [0.25, 0.3) is 0 Å². The number of hydrogen-bond donors (Lipinski definition) is 2. The van der Waals surface area contributed by atoms with Gasteiger partial charge < -0.3 is 20.1 Å². The number of nitrogens with one attached hydrogen (secondary N) is 2. The zero-order chi connectivity index (χ0) is 18.1. The van der Waals surface area contributed by atoms with Crippen LogP contribution in [-0.2, 0) is 19.1 Å². The predicted molar refractivity (Wildman–Crippen MR) is 89.6 cm³/mol. The van der Waals surface area contributed by atoms with Gasteiger partial charge in [-0.05, 0) is 38.1 Å². The summed E-state index contributed by atoms with van der Waals surface area (Å²) in [6.07, 6.45) is 0.651. The van der Waals surface area contributed by atoms with E-state index in [1.807, 2.05) is 0 Å². The summed E-state index contributed by atoms with van der Waals surface area (Å²) in [7, 11) is 2.93. The van der Waals surface area contributed by atoms with Crippen LogP contribution in [0.2, 0.25) is 0 Å². The van der Waals surface area contributed by atoms with Gasteiger partial charge in [-0.15, -0.1) is 0 Å². The van der Waals surface area contributed by atoms with Crippen LogP contribution in [0.15, 0.2) is 35.9 Å². The molecule has 0 atom stereocenters. The van der Waals surface area contributed by atoms with Crippen LogP contribution < -0.4 is 10.6 Å². The van der Waals surface area contributed by atoms with Gasteiger partial charge in [0.05, 0.1) is 6.54 Å². The maximum absolute atomic E-state index is 11.9. The number of rotatable bonds is 8. The Morgan fingerprint density at radius 3 is 2.17 bits per heavy atom. The molecule has 0 unspecified atom stereocenters. The monoisotopic (exact) mass is 334 g/mol. The molecule has 2 N–H and O–H groups in total. The van der Waals surface area contributed by atoms with Crippen molar-refractivity contribution in [2.75, 3.05) is 26.1 Å². The lowest BCUT2D eigenvalue weighted by molar-refractivity contribution is -0.124. The molecule has 0 aliphatic carbocycles. The first-order chi connectivity index (χ1) is 11.4. The molecule has 0 aliphatic heterocycles. The van der Waals surface area contributed by atoms with Crippen LogP contribution in [0, 0.1) is 0 Å². The van der Waals surface area contributed by atoms with Crippen molar-refractivity contribution in [2.45, 2.75) is 20.1 Å². The van der Waals surface area contributed by atoms with E-state index in [-0.39, 0.29) is 17.9 Å². The molecular formula is C17H22N2O5. The topological polar surface area (TPSA) is 93.7 Å². The Balaban J connectivity index is 2.59. The Bertz CT molecular complexity index is 618. The van der Waals surface area contributed by atoms with Crippen molar-refractivity contribution in [3.63, 3.8) is 0 Å². The van der Waals surface area contributed by atoms with E-state index in [2.05, 4.69) is 10.6 Å². The number of carbonyl (C=O) groups excluding carboxylic acids is 3. The van der Waals surface area contributed by atoms with E-state index in [1.54, 1.807) is 24.3 Å². The second kappa shape index (κ2) is 9.59. The van der Waals surface area contributed by atoms with E-state index in [0.717, 1.165) is 0 Å². The molecule has 1 rings (SSSR count). The van der Waals surface area contributed by atoms with E-state index >= 15 is 0 Å². The van der Waals surface area contributed by atoms with Gasteiger partial charge >= 0.3 is 0 Å². The Morgan fingerprint density at radius 2 is 1.67 bits per heavy atom. The van der Waals surface area contributed by atoms with Gasteiger partial charge in [0, 0.05) is 37.1 Å². The molecule has 24 heavy (non-hydrogen) atoms. The van der Waals surface area contributed by atoms with Crippen LogP contribution in [0.5, 0.6) is 0 Å². The van der Waals surface area contributed by atoms with Crippen molar-refractivity contribution < 1.29 is 23.9 Å². The Hall–Kier alpha value is -2.51. The zero-order valence-corrected chi connectivity index (χ0v) is 14.2. The summed E-state index contributed by atoms with van der Waals surface area (Å²) < 4.78 is 9.91. The normalized spacial score (nSPS) is 11.3. The number of amides is 2. The summed E-state index contributed by atoms with van der Waals surface area (Å²) in [4.78, 5) is 35.0. The van der Waals surface area contributed by atoms with Gasteiger partial charge in [0.2, 0.25) is 11.8 Å². The van der Waals surface area contributed by atoms with Gasteiger partial charge in [-0.2, -0.15) is 0 Å². The third kappa shape index (κ3) is 6.31. The number of carbonyl (C=O) groups is 3. The molecular weight excluding hydrogens is 312 g/mol. The zero-order valence-electron chi connectivity index (χ0n) is 14.2. The minimum absolute atomic E-state index is 0.0503. The molecule has 1 aromatic rings. The Labute approximate surface area is 141 Å². The lowest BCUT2D eigenvalue weighted by Crippen LogP contribution is -2.34. The van der Waals surface area contributed by atoms with Crippen LogP contribution in [0.3, 0.4) is 0 Å². The summed E-state index contributed by atoms with van der Waals surface area (Å²) in [6.45, 7) is 3.17. The Morgan fingerprint density at radius 1 is 1.08 bits per heavy atom. The van der Waals surface area contributed by atoms with Crippen LogP contribution in [-0.4, -0.2) is 44.7 Å². The maximum Gasteiger partial charge on any atom is 0.248 e. The van der Waals surface area contributed by atoms with Gasteiger partial charge in [-0.3, -0.25) is 14.4 Å². The lowest BCUT2D eigenvalue weighted by Gasteiger charge is -2.14. The average molecular weight is 334 g/mol. The van der Waals surface area contributed by atoms with Gasteiger partial charge in [0.25, 0.3) is 0 Å². The highest BCUT2D eigenvalue weighted by Crippen LogP contribution is 2.10. The molecule has 0 aromatic heterocycles. The number of ketones is 1. The molecule has 0 saturated heterocycles. The fourth-order valence-corrected chi connectivity index (χ4v) is 1.81. The van der Waals surface area contributed by atoms with Crippen molar-refractivity contribution in [3.8, 4) is 0 Å². The SMILES string of the molecule is COC(CNC(=O)/C(C)=C\C(=O)Nc1ccc(C(C)=O)cc1)OC. The number of benzene rings is 1. The second-order valence-corrected chi connectivity index (χ2v) is 5.06. The lowest BCUT2D eigenvalue weighted by atomic mass is 10.1. The summed E-state index contributed by atoms with van der Waals surface area (Å²) in [5, 5.41) is 5.22. The number of anilines is 1. The molecule has 0 aliphatic rings. The molecule has 0 spiro atoms. The molecule has 7 heteroatoms. The number of ether oxygens (including phenoxy) is 2. The largest absolute Gasteiger partial charge is 0.354 e. The third-order valence-electron chi connectivity index (χ3n) is 3.22. The summed E-state index contributed by atoms with van der Waals surface area (Å²) in [5.74, 6) is -0.879. The van der Waals surface area contributed by atoms with E-state index in [1.165, 1.54) is 34.1 Å². The Kier molecular flexibility index (Phi) is 7.81. The highest BCUT2D eigenvalue weighted by Gasteiger charge is 2.10. The predicted octanol–water partition coefficient (Wildman–Crippen LogP) is 1.51. The summed E-state index contributed by atoms with van der Waals surface area (Å²) in [5.41, 5.74) is 1.34. The van der Waals surface area contributed by atoms with Crippen molar-refractivity contribution in [2.24, 2.45) is 0 Å². The first-order valence-corrected chi connectivity index (χ1v) is 7.31. The van der Waals surface area contributed by atoms with Gasteiger partial charge in [0.15, 0.2) is 12.1 Å². The molecule has 1 aromatic carbocycles. The number of Topliss-reactive ketones (excluding diaryl/α,β-unsaturated/α-hetero) is 1. The van der Waals surface area contributed by atoms with E-state index in [9.17, 15) is 14.4 Å². The van der Waals surface area contributed by atoms with Crippen molar-refractivity contribution >= 4 is 23.3 Å². The molecule has 0 fully saturated rings. The molecule has 0 radical (unpaired) electrons.